The van der Waals surface area contributed by atoms with E-state index in [0.29, 0.717) is 45.3 Å². The first kappa shape index (κ1) is 21.7. The molecule has 3 aromatic carbocycles. The van der Waals surface area contributed by atoms with E-state index in [1.807, 2.05) is 6.92 Å². The number of carbonyl (C=O) groups is 1. The maximum atomic E-state index is 13.2. The molecule has 0 atom stereocenters. The molecule has 0 fully saturated rings. The lowest BCUT2D eigenvalue weighted by atomic mass is 10.1. The van der Waals surface area contributed by atoms with E-state index in [0.717, 1.165) is 0 Å². The van der Waals surface area contributed by atoms with Gasteiger partial charge in [-0.1, -0.05) is 17.7 Å². The summed E-state index contributed by atoms with van der Waals surface area (Å²) in [6.45, 7) is 1.96. The Balaban J connectivity index is 1.59. The minimum Gasteiger partial charge on any atom is -0.497 e. The monoisotopic (exact) mass is 454 g/mol. The maximum absolute atomic E-state index is 13.2. The summed E-state index contributed by atoms with van der Waals surface area (Å²) in [4.78, 5) is 12.9. The molecule has 0 N–H and O–H groups in total. The molecule has 0 aliphatic carbocycles. The van der Waals surface area contributed by atoms with Crippen molar-refractivity contribution in [3.63, 3.8) is 0 Å². The number of ketones is 1. The van der Waals surface area contributed by atoms with Gasteiger partial charge in [0.2, 0.25) is 5.78 Å². The molecule has 0 bridgehead atoms. The van der Waals surface area contributed by atoms with Crippen molar-refractivity contribution in [1.82, 2.24) is 0 Å². The molecule has 0 spiro atoms. The van der Waals surface area contributed by atoms with Crippen molar-refractivity contribution in [3.8, 4) is 23.0 Å². The molecule has 5 nitrogen and oxygen atoms in total. The number of carbonyl (C=O) groups excluding carboxylic acids is 1. The summed E-state index contributed by atoms with van der Waals surface area (Å²) in [5.74, 6) is 1.73. The molecule has 4 rings (SSSR count). The van der Waals surface area contributed by atoms with E-state index in [9.17, 15) is 9.18 Å². The number of methoxy groups -OCH3 is 2. The molecule has 1 aliphatic heterocycles. The fourth-order valence-corrected chi connectivity index (χ4v) is 3.62. The Morgan fingerprint density at radius 2 is 1.84 bits per heavy atom. The fourth-order valence-electron chi connectivity index (χ4n) is 3.40. The topological polar surface area (TPSA) is 54.0 Å². The molecule has 0 saturated heterocycles. The van der Waals surface area contributed by atoms with Gasteiger partial charge < -0.3 is 18.9 Å². The quantitative estimate of drug-likeness (QED) is 0.427. The first-order valence-electron chi connectivity index (χ1n) is 9.78. The van der Waals surface area contributed by atoms with Crippen LogP contribution in [-0.2, 0) is 6.61 Å². The van der Waals surface area contributed by atoms with Crippen molar-refractivity contribution >= 4 is 23.5 Å². The zero-order valence-electron chi connectivity index (χ0n) is 17.7. The van der Waals surface area contributed by atoms with Crippen molar-refractivity contribution in [2.75, 3.05) is 14.2 Å². The van der Waals surface area contributed by atoms with Crippen molar-refractivity contribution in [2.45, 2.75) is 13.5 Å². The van der Waals surface area contributed by atoms with Crippen LogP contribution >= 0.6 is 11.6 Å². The van der Waals surface area contributed by atoms with Crippen molar-refractivity contribution in [1.29, 1.82) is 0 Å². The molecular weight excluding hydrogens is 435 g/mol. The highest BCUT2D eigenvalue weighted by Crippen LogP contribution is 2.40. The van der Waals surface area contributed by atoms with Crippen LogP contribution < -0.4 is 18.9 Å². The molecule has 0 saturated carbocycles. The number of Topliss-reactive ketones (excluding diaryl/α,β-unsaturated/α-hetero) is 1. The van der Waals surface area contributed by atoms with Crippen molar-refractivity contribution < 1.29 is 28.1 Å². The minimum absolute atomic E-state index is 0.151. The average Bonchev–Trinajstić information content (AvgIpc) is 3.10. The Morgan fingerprint density at radius 3 is 2.56 bits per heavy atom. The third-order valence-corrected chi connectivity index (χ3v) is 5.51. The number of rotatable bonds is 6. The lowest BCUT2D eigenvalue weighted by Crippen LogP contribution is -1.99. The normalized spacial score (nSPS) is 13.7. The largest absolute Gasteiger partial charge is 0.497 e. The number of benzene rings is 3. The van der Waals surface area contributed by atoms with Crippen LogP contribution in [0.2, 0.25) is 5.02 Å². The van der Waals surface area contributed by atoms with Gasteiger partial charge in [-0.25, -0.2) is 4.39 Å². The molecular formula is C25H20ClFO5. The standard InChI is InChI=1S/C25H20ClFO5/c1-14-21(31-13-16-4-6-17(27)11-20(16)26)9-8-19-24(28)23(32-25(14)19)10-15-5-7-18(29-2)12-22(15)30-3/h4-12H,13H2,1-3H3/b23-10-. The summed E-state index contributed by atoms with van der Waals surface area (Å²) >= 11 is 6.07. The number of ether oxygens (including phenoxy) is 4. The number of halogens is 2. The summed E-state index contributed by atoms with van der Waals surface area (Å²) in [5, 5.41) is 0.286. The fraction of sp³-hybridized carbons (Fsp3) is 0.160. The highest BCUT2D eigenvalue weighted by atomic mass is 35.5. The van der Waals surface area contributed by atoms with E-state index >= 15 is 0 Å². The molecule has 0 unspecified atom stereocenters. The molecule has 32 heavy (non-hydrogen) atoms. The van der Waals surface area contributed by atoms with Gasteiger partial charge in [0.05, 0.1) is 24.8 Å². The second kappa shape index (κ2) is 8.93. The predicted octanol–water partition coefficient (Wildman–Crippen LogP) is 6.00. The summed E-state index contributed by atoms with van der Waals surface area (Å²) < 4.78 is 35.6. The lowest BCUT2D eigenvalue weighted by Gasteiger charge is -2.12. The summed E-state index contributed by atoms with van der Waals surface area (Å²) in [6, 6.07) is 12.8. The van der Waals surface area contributed by atoms with Crippen molar-refractivity contribution in [2.24, 2.45) is 0 Å². The van der Waals surface area contributed by atoms with E-state index < -0.39 is 5.82 Å². The van der Waals surface area contributed by atoms with Crippen LogP contribution in [0.3, 0.4) is 0 Å². The van der Waals surface area contributed by atoms with Crippen LogP contribution in [0.5, 0.6) is 23.0 Å². The first-order valence-corrected chi connectivity index (χ1v) is 10.2. The minimum atomic E-state index is -0.410. The van der Waals surface area contributed by atoms with Crippen molar-refractivity contribution in [3.05, 3.63) is 87.4 Å². The third-order valence-electron chi connectivity index (χ3n) is 5.16. The van der Waals surface area contributed by atoms with Gasteiger partial charge in [0.1, 0.15) is 35.4 Å². The number of allylic oxidation sites excluding steroid dienone is 1. The molecule has 7 heteroatoms. The van der Waals surface area contributed by atoms with Gasteiger partial charge in [0.15, 0.2) is 5.76 Å². The van der Waals surface area contributed by atoms with Gasteiger partial charge in [-0.05, 0) is 49.4 Å². The van der Waals surface area contributed by atoms with Gasteiger partial charge in [-0.15, -0.1) is 0 Å². The van der Waals surface area contributed by atoms with Gasteiger partial charge in [-0.2, -0.15) is 0 Å². The van der Waals surface area contributed by atoms with E-state index in [1.54, 1.807) is 56.7 Å². The van der Waals surface area contributed by atoms with E-state index in [1.165, 1.54) is 12.1 Å². The van der Waals surface area contributed by atoms with Crippen LogP contribution in [0.1, 0.15) is 27.0 Å². The Kier molecular flexibility index (Phi) is 6.06. The Hall–Kier alpha value is -3.51. The van der Waals surface area contributed by atoms with Crippen LogP contribution in [0.15, 0.2) is 54.3 Å². The molecule has 0 aromatic heterocycles. The number of hydrogen-bond acceptors (Lipinski definition) is 5. The molecule has 0 amide bonds. The average molecular weight is 455 g/mol. The molecule has 1 aliphatic rings. The van der Waals surface area contributed by atoms with Gasteiger partial charge >= 0.3 is 0 Å². The second-order valence-electron chi connectivity index (χ2n) is 7.14. The summed E-state index contributed by atoms with van der Waals surface area (Å²) in [7, 11) is 3.11. The van der Waals surface area contributed by atoms with Crippen LogP contribution in [0, 0.1) is 12.7 Å². The zero-order chi connectivity index (χ0) is 22.8. The molecule has 164 valence electrons. The number of hydrogen-bond donors (Lipinski definition) is 0. The summed E-state index contributed by atoms with van der Waals surface area (Å²) in [6.07, 6.45) is 1.64. The highest BCUT2D eigenvalue weighted by molar-refractivity contribution is 6.31. The third kappa shape index (κ3) is 4.14. The van der Waals surface area contributed by atoms with Gasteiger partial charge in [0.25, 0.3) is 0 Å². The van der Waals surface area contributed by atoms with Crippen LogP contribution in [-0.4, -0.2) is 20.0 Å². The highest BCUT2D eigenvalue weighted by Gasteiger charge is 2.30. The lowest BCUT2D eigenvalue weighted by molar-refractivity contribution is 0.101. The molecule has 0 radical (unpaired) electrons. The van der Waals surface area contributed by atoms with Gasteiger partial charge in [0, 0.05) is 22.8 Å². The number of fused-ring (bicyclic) bond motifs is 1. The van der Waals surface area contributed by atoms with E-state index in [-0.39, 0.29) is 23.2 Å². The summed E-state index contributed by atoms with van der Waals surface area (Å²) in [5.41, 5.74) is 2.47. The molecule has 1 heterocycles. The smallest absolute Gasteiger partial charge is 0.231 e. The Labute approximate surface area is 189 Å². The van der Waals surface area contributed by atoms with Crippen LogP contribution in [0.25, 0.3) is 6.08 Å². The second-order valence-corrected chi connectivity index (χ2v) is 7.54. The van der Waals surface area contributed by atoms with E-state index in [4.69, 9.17) is 30.5 Å². The molecule has 3 aromatic rings. The predicted molar refractivity (Wildman–Crippen MR) is 119 cm³/mol. The van der Waals surface area contributed by atoms with E-state index in [2.05, 4.69) is 0 Å². The zero-order valence-corrected chi connectivity index (χ0v) is 18.5. The van der Waals surface area contributed by atoms with Gasteiger partial charge in [-0.3, -0.25) is 4.79 Å². The maximum Gasteiger partial charge on any atom is 0.231 e. The Bertz CT molecular complexity index is 1240. The Morgan fingerprint density at radius 1 is 1.03 bits per heavy atom. The van der Waals surface area contributed by atoms with Crippen LogP contribution in [0.4, 0.5) is 4.39 Å². The SMILES string of the molecule is COc1ccc(/C=C2\Oc3c(ccc(OCc4ccc(F)cc4Cl)c3C)C2=O)c(OC)c1. The first-order chi connectivity index (χ1) is 15.4.